The highest BCUT2D eigenvalue weighted by Gasteiger charge is 2.15. The van der Waals surface area contributed by atoms with Crippen LogP contribution in [-0.4, -0.2) is 11.5 Å². The SMILES string of the molecule is N#CCOc1ccc(C#N)cc1[N+](=O)[O-]. The summed E-state index contributed by atoms with van der Waals surface area (Å²) in [7, 11) is 0. The smallest absolute Gasteiger partial charge is 0.312 e. The van der Waals surface area contributed by atoms with E-state index in [1.54, 1.807) is 12.1 Å². The molecule has 6 heteroatoms. The van der Waals surface area contributed by atoms with Gasteiger partial charge < -0.3 is 4.74 Å². The first kappa shape index (κ1) is 10.5. The Kier molecular flexibility index (Phi) is 3.20. The summed E-state index contributed by atoms with van der Waals surface area (Å²) < 4.78 is 4.83. The van der Waals surface area contributed by atoms with Gasteiger partial charge in [-0.1, -0.05) is 0 Å². The first-order valence-electron chi connectivity index (χ1n) is 3.87. The Bertz CT molecular complexity index is 470. The predicted octanol–water partition coefficient (Wildman–Crippen LogP) is 1.37. The van der Waals surface area contributed by atoms with Crippen LogP contribution in [-0.2, 0) is 0 Å². The van der Waals surface area contributed by atoms with Crippen LogP contribution in [0.4, 0.5) is 5.69 Å². The molecule has 0 aliphatic heterocycles. The van der Waals surface area contributed by atoms with E-state index in [2.05, 4.69) is 0 Å². The first-order valence-corrected chi connectivity index (χ1v) is 3.87. The van der Waals surface area contributed by atoms with Crippen molar-refractivity contribution in [2.75, 3.05) is 6.61 Å². The van der Waals surface area contributed by atoms with Gasteiger partial charge in [-0.2, -0.15) is 10.5 Å². The Morgan fingerprint density at radius 2 is 2.20 bits per heavy atom. The normalized spacial score (nSPS) is 8.67. The first-order chi connectivity index (χ1) is 7.19. The zero-order chi connectivity index (χ0) is 11.3. The fraction of sp³-hybridized carbons (Fsp3) is 0.111. The number of nitro benzene ring substituents is 1. The molecule has 0 bridgehead atoms. The lowest BCUT2D eigenvalue weighted by Crippen LogP contribution is -1.98. The van der Waals surface area contributed by atoms with Crippen molar-refractivity contribution in [3.63, 3.8) is 0 Å². The van der Waals surface area contributed by atoms with Crippen LogP contribution in [0.25, 0.3) is 0 Å². The van der Waals surface area contributed by atoms with Gasteiger partial charge in [0.05, 0.1) is 16.6 Å². The molecule has 1 aromatic rings. The molecule has 6 nitrogen and oxygen atoms in total. The second-order valence-corrected chi connectivity index (χ2v) is 2.50. The van der Waals surface area contributed by atoms with Crippen LogP contribution in [0.3, 0.4) is 0 Å². The van der Waals surface area contributed by atoms with E-state index in [0.717, 1.165) is 6.07 Å². The summed E-state index contributed by atoms with van der Waals surface area (Å²) in [6.07, 6.45) is 0. The molecule has 0 heterocycles. The molecule has 0 fully saturated rings. The number of nitriles is 2. The number of nitro groups is 1. The molecule has 0 amide bonds. The average molecular weight is 203 g/mol. The topological polar surface area (TPSA) is 99.9 Å². The predicted molar refractivity (Wildman–Crippen MR) is 48.9 cm³/mol. The Labute approximate surface area is 85.1 Å². The van der Waals surface area contributed by atoms with E-state index in [4.69, 9.17) is 15.3 Å². The minimum atomic E-state index is -0.659. The molecule has 0 aliphatic rings. The molecule has 0 aliphatic carbocycles. The third-order valence-corrected chi connectivity index (χ3v) is 1.58. The Hall–Kier alpha value is -2.60. The summed E-state index contributed by atoms with van der Waals surface area (Å²) in [6, 6.07) is 7.27. The number of rotatable bonds is 3. The fourth-order valence-electron chi connectivity index (χ4n) is 0.962. The van der Waals surface area contributed by atoms with Gasteiger partial charge in [0.15, 0.2) is 12.4 Å². The standard InChI is InChI=1S/C9H5N3O3/c10-3-4-15-9-2-1-7(6-11)5-8(9)12(13)14/h1-2,5H,4H2. The lowest BCUT2D eigenvalue weighted by atomic mass is 10.2. The molecule has 0 unspecified atom stereocenters. The molecule has 1 rings (SSSR count). The largest absolute Gasteiger partial charge is 0.472 e. The number of benzene rings is 1. The molecule has 74 valence electrons. The zero-order valence-corrected chi connectivity index (χ0v) is 7.51. The van der Waals surface area contributed by atoms with Crippen LogP contribution < -0.4 is 4.74 Å². The van der Waals surface area contributed by atoms with Crippen molar-refractivity contribution in [3.05, 3.63) is 33.9 Å². The van der Waals surface area contributed by atoms with E-state index in [-0.39, 0.29) is 23.6 Å². The van der Waals surface area contributed by atoms with Crippen LogP contribution in [0.2, 0.25) is 0 Å². The number of hydrogen-bond donors (Lipinski definition) is 0. The summed E-state index contributed by atoms with van der Waals surface area (Å²) >= 11 is 0. The van der Waals surface area contributed by atoms with Gasteiger partial charge in [0.25, 0.3) is 0 Å². The maximum absolute atomic E-state index is 10.6. The zero-order valence-electron chi connectivity index (χ0n) is 7.51. The highest BCUT2D eigenvalue weighted by Crippen LogP contribution is 2.27. The van der Waals surface area contributed by atoms with Crippen LogP contribution in [0.5, 0.6) is 5.75 Å². The molecule has 0 aromatic heterocycles. The molecular formula is C9H5N3O3. The highest BCUT2D eigenvalue weighted by atomic mass is 16.6. The molecule has 0 atom stereocenters. The number of nitrogens with zero attached hydrogens (tertiary/aromatic N) is 3. The monoisotopic (exact) mass is 203 g/mol. The minimum Gasteiger partial charge on any atom is -0.472 e. The van der Waals surface area contributed by atoms with Gasteiger partial charge in [0, 0.05) is 6.07 Å². The molecular weight excluding hydrogens is 198 g/mol. The van der Waals surface area contributed by atoms with Crippen molar-refractivity contribution in [2.24, 2.45) is 0 Å². The van der Waals surface area contributed by atoms with Crippen molar-refractivity contribution >= 4 is 5.69 Å². The highest BCUT2D eigenvalue weighted by molar-refractivity contribution is 5.51. The number of ether oxygens (including phenoxy) is 1. The maximum Gasteiger partial charge on any atom is 0.312 e. The van der Waals surface area contributed by atoms with Gasteiger partial charge >= 0.3 is 5.69 Å². The summed E-state index contributed by atoms with van der Waals surface area (Å²) in [5.41, 5.74) is -0.143. The van der Waals surface area contributed by atoms with E-state index in [0.29, 0.717) is 0 Å². The molecule has 1 aromatic carbocycles. The summed E-state index contributed by atoms with van der Waals surface area (Å²) in [6.45, 7) is -0.271. The van der Waals surface area contributed by atoms with Gasteiger partial charge in [-0.3, -0.25) is 10.1 Å². The fourth-order valence-corrected chi connectivity index (χ4v) is 0.962. The third kappa shape index (κ3) is 2.42. The lowest BCUT2D eigenvalue weighted by molar-refractivity contribution is -0.385. The molecule has 0 N–H and O–H groups in total. The number of hydrogen-bond acceptors (Lipinski definition) is 5. The summed E-state index contributed by atoms with van der Waals surface area (Å²) in [4.78, 5) is 9.93. The van der Waals surface area contributed by atoms with Gasteiger partial charge in [0.2, 0.25) is 0 Å². The Morgan fingerprint density at radius 1 is 1.47 bits per heavy atom. The molecule has 0 spiro atoms. The van der Waals surface area contributed by atoms with Crippen LogP contribution >= 0.6 is 0 Å². The van der Waals surface area contributed by atoms with Crippen LogP contribution in [0.1, 0.15) is 5.56 Å². The average Bonchev–Trinajstić information content (AvgIpc) is 2.26. The van der Waals surface area contributed by atoms with Crippen molar-refractivity contribution < 1.29 is 9.66 Å². The Morgan fingerprint density at radius 3 is 2.73 bits per heavy atom. The van der Waals surface area contributed by atoms with Crippen LogP contribution in [0, 0.1) is 32.8 Å². The second-order valence-electron chi connectivity index (χ2n) is 2.50. The molecule has 0 saturated heterocycles. The van der Waals surface area contributed by atoms with Gasteiger partial charge in [-0.15, -0.1) is 0 Å². The van der Waals surface area contributed by atoms with E-state index in [1.807, 2.05) is 0 Å². The molecule has 0 saturated carbocycles. The van der Waals surface area contributed by atoms with E-state index in [9.17, 15) is 10.1 Å². The van der Waals surface area contributed by atoms with Crippen molar-refractivity contribution in [1.29, 1.82) is 10.5 Å². The maximum atomic E-state index is 10.6. The van der Waals surface area contributed by atoms with Gasteiger partial charge in [-0.05, 0) is 12.1 Å². The van der Waals surface area contributed by atoms with Crippen molar-refractivity contribution in [3.8, 4) is 17.9 Å². The van der Waals surface area contributed by atoms with Gasteiger partial charge in [-0.25, -0.2) is 0 Å². The minimum absolute atomic E-state index is 0.0134. The molecule has 15 heavy (non-hydrogen) atoms. The van der Waals surface area contributed by atoms with Crippen molar-refractivity contribution in [2.45, 2.75) is 0 Å². The molecule has 0 radical (unpaired) electrons. The van der Waals surface area contributed by atoms with E-state index in [1.165, 1.54) is 12.1 Å². The summed E-state index contributed by atoms with van der Waals surface area (Å²) in [5, 5.41) is 27.4. The summed E-state index contributed by atoms with van der Waals surface area (Å²) in [5.74, 6) is -0.0134. The second kappa shape index (κ2) is 4.58. The lowest BCUT2D eigenvalue weighted by Gasteiger charge is -2.02. The van der Waals surface area contributed by atoms with E-state index < -0.39 is 4.92 Å². The Balaban J connectivity index is 3.12. The third-order valence-electron chi connectivity index (χ3n) is 1.58. The van der Waals surface area contributed by atoms with E-state index >= 15 is 0 Å². The van der Waals surface area contributed by atoms with Crippen LogP contribution in [0.15, 0.2) is 18.2 Å². The van der Waals surface area contributed by atoms with Crippen molar-refractivity contribution in [1.82, 2.24) is 0 Å². The quantitative estimate of drug-likeness (QED) is 0.545. The van der Waals surface area contributed by atoms with Gasteiger partial charge in [0.1, 0.15) is 6.07 Å².